The number of carbonyl (C=O) groups is 1. The lowest BCUT2D eigenvalue weighted by atomic mass is 10.0. The van der Waals surface area contributed by atoms with E-state index in [0.29, 0.717) is 23.9 Å². The van der Waals surface area contributed by atoms with Crippen molar-refractivity contribution < 1.29 is 32.9 Å². The van der Waals surface area contributed by atoms with Gasteiger partial charge in [0.25, 0.3) is 7.82 Å². The van der Waals surface area contributed by atoms with Crippen LogP contribution in [-0.4, -0.2) is 68.5 Å². The fourth-order valence-corrected chi connectivity index (χ4v) is 8.33. The van der Waals surface area contributed by atoms with Crippen LogP contribution in [-0.2, 0) is 18.4 Å². The molecule has 388 valence electrons. The lowest BCUT2D eigenvalue weighted by Crippen LogP contribution is -2.46. The van der Waals surface area contributed by atoms with Crippen molar-refractivity contribution in [3.05, 3.63) is 85.1 Å². The quantitative estimate of drug-likeness (QED) is 0.0272. The summed E-state index contributed by atoms with van der Waals surface area (Å²) in [6.45, 7) is 4.59. The number of carbonyl (C=O) groups excluding carboxylic acids is 1. The predicted molar refractivity (Wildman–Crippen MR) is 288 cm³/mol. The first kappa shape index (κ1) is 64.7. The first-order valence-electron chi connectivity index (χ1n) is 27.4. The van der Waals surface area contributed by atoms with Crippen molar-refractivity contribution in [1.82, 2.24) is 5.32 Å². The number of amides is 1. The minimum Gasteiger partial charge on any atom is -0.756 e. The van der Waals surface area contributed by atoms with Gasteiger partial charge in [-0.05, 0) is 70.6 Å². The zero-order valence-electron chi connectivity index (χ0n) is 44.1. The number of quaternary nitrogens is 1. The third kappa shape index (κ3) is 51.4. The normalized spacial score (nSPS) is 14.7. The summed E-state index contributed by atoms with van der Waals surface area (Å²) in [6.07, 6.45) is 67.4. The van der Waals surface area contributed by atoms with E-state index in [1.54, 1.807) is 0 Å². The fraction of sp³-hybridized carbons (Fsp3) is 0.741. The highest BCUT2D eigenvalue weighted by Crippen LogP contribution is 2.38. The number of unbranched alkanes of at least 4 members (excludes halogenated alkanes) is 22. The van der Waals surface area contributed by atoms with Gasteiger partial charge in [0.2, 0.25) is 5.91 Å². The number of nitrogens with one attached hydrogen (secondary N) is 1. The van der Waals surface area contributed by atoms with Crippen LogP contribution in [0.3, 0.4) is 0 Å². The molecule has 2 N–H and O–H groups in total. The molecule has 9 heteroatoms. The molecule has 3 unspecified atom stereocenters. The maximum Gasteiger partial charge on any atom is 0.268 e. The molecule has 0 aliphatic heterocycles. The standard InChI is InChI=1S/C58H105N2O6P/c1-6-8-10-12-14-16-18-20-22-24-26-27-28-29-30-31-32-33-34-36-38-40-42-44-46-48-50-52-58(62)59-56(55-66-67(63,64)65-54-53-60(3,4)5)57(61)51-49-47-45-43-41-39-37-35-25-23-21-19-17-15-13-11-9-7-2/h8,10,14,16,20,22,26-27,29-30,32-33,36,38,56-57,61H,6-7,9,11-13,15,17-19,21,23-25,28,31,34-35,37,39-55H2,1-5H3,(H-,59,62,63,64)/b10-8-,16-14-,22-20-,27-26-,30-29-,33-32-,38-36-. The SMILES string of the molecule is CC/C=C\C/C=C\C/C=C\C/C=C\C/C=C\C/C=C\C/C=C\CCCCCCCC(=O)NC(COP(=O)([O-])OCC[N+](C)(C)C)C(O)CCCCCCCCCCCCCCCCCCCC. The van der Waals surface area contributed by atoms with Crippen LogP contribution in [0, 0.1) is 0 Å². The van der Waals surface area contributed by atoms with Gasteiger partial charge in [-0.3, -0.25) is 9.36 Å². The van der Waals surface area contributed by atoms with E-state index in [2.05, 4.69) is 104 Å². The van der Waals surface area contributed by atoms with Crippen LogP contribution >= 0.6 is 7.82 Å². The molecule has 1 amide bonds. The number of likely N-dealkylation sites (N-methyl/N-ethyl adjacent to an activating group) is 1. The van der Waals surface area contributed by atoms with Crippen molar-refractivity contribution in [3.8, 4) is 0 Å². The summed E-state index contributed by atoms with van der Waals surface area (Å²) >= 11 is 0. The van der Waals surface area contributed by atoms with Crippen LogP contribution in [0.4, 0.5) is 0 Å². The average Bonchev–Trinajstić information content (AvgIpc) is 3.29. The van der Waals surface area contributed by atoms with E-state index in [0.717, 1.165) is 103 Å². The van der Waals surface area contributed by atoms with E-state index >= 15 is 0 Å². The monoisotopic (exact) mass is 957 g/mol. The average molecular weight is 957 g/mol. The fourth-order valence-electron chi connectivity index (χ4n) is 7.61. The second-order valence-electron chi connectivity index (χ2n) is 19.6. The van der Waals surface area contributed by atoms with Crippen LogP contribution in [0.25, 0.3) is 0 Å². The number of phosphoric ester groups is 1. The van der Waals surface area contributed by atoms with Crippen molar-refractivity contribution in [3.63, 3.8) is 0 Å². The molecular formula is C58H105N2O6P. The highest BCUT2D eigenvalue weighted by Gasteiger charge is 2.24. The Hall–Kier alpha value is -2.32. The number of hydrogen-bond acceptors (Lipinski definition) is 6. The van der Waals surface area contributed by atoms with Crippen molar-refractivity contribution in [2.45, 2.75) is 238 Å². The molecule has 0 fully saturated rings. The number of aliphatic hydroxyl groups is 1. The molecule has 3 atom stereocenters. The van der Waals surface area contributed by atoms with Gasteiger partial charge in [0.1, 0.15) is 13.2 Å². The number of rotatable bonds is 49. The van der Waals surface area contributed by atoms with E-state index in [4.69, 9.17) is 9.05 Å². The van der Waals surface area contributed by atoms with E-state index in [1.165, 1.54) is 96.3 Å². The molecule has 0 saturated carbocycles. The van der Waals surface area contributed by atoms with Crippen molar-refractivity contribution in [2.75, 3.05) is 40.9 Å². The zero-order valence-corrected chi connectivity index (χ0v) is 45.0. The minimum atomic E-state index is -4.58. The van der Waals surface area contributed by atoms with Gasteiger partial charge >= 0.3 is 0 Å². The van der Waals surface area contributed by atoms with E-state index in [-0.39, 0.29) is 19.1 Å². The summed E-state index contributed by atoms with van der Waals surface area (Å²) in [5, 5.41) is 14.0. The molecule has 0 heterocycles. The Bertz CT molecular complexity index is 1360. The minimum absolute atomic E-state index is 0.00375. The van der Waals surface area contributed by atoms with Crippen LogP contribution in [0.15, 0.2) is 85.1 Å². The summed E-state index contributed by atoms with van der Waals surface area (Å²) in [7, 11) is 1.28. The Morgan fingerprint density at radius 1 is 0.537 bits per heavy atom. The van der Waals surface area contributed by atoms with Crippen LogP contribution in [0.1, 0.15) is 226 Å². The summed E-state index contributed by atoms with van der Waals surface area (Å²) in [5.41, 5.74) is 0. The summed E-state index contributed by atoms with van der Waals surface area (Å²) < 4.78 is 23.4. The van der Waals surface area contributed by atoms with E-state index < -0.39 is 20.0 Å². The molecule has 0 radical (unpaired) electrons. The molecule has 0 aromatic carbocycles. The lowest BCUT2D eigenvalue weighted by molar-refractivity contribution is -0.870. The number of hydrogen-bond donors (Lipinski definition) is 2. The Morgan fingerprint density at radius 2 is 0.910 bits per heavy atom. The van der Waals surface area contributed by atoms with Crippen LogP contribution in [0.5, 0.6) is 0 Å². The Balaban J connectivity index is 4.29. The van der Waals surface area contributed by atoms with Gasteiger partial charge in [-0.25, -0.2) is 0 Å². The third-order valence-electron chi connectivity index (χ3n) is 11.9. The molecule has 0 aliphatic rings. The molecule has 0 bridgehead atoms. The van der Waals surface area contributed by atoms with Crippen molar-refractivity contribution in [1.29, 1.82) is 0 Å². The summed E-state index contributed by atoms with van der Waals surface area (Å²) in [4.78, 5) is 25.5. The molecule has 67 heavy (non-hydrogen) atoms. The van der Waals surface area contributed by atoms with Crippen LogP contribution in [0.2, 0.25) is 0 Å². The molecular weight excluding hydrogens is 852 g/mol. The van der Waals surface area contributed by atoms with Gasteiger partial charge in [-0.2, -0.15) is 0 Å². The number of aliphatic hydroxyl groups excluding tert-OH is 1. The topological polar surface area (TPSA) is 108 Å². The second-order valence-corrected chi connectivity index (χ2v) is 21.0. The van der Waals surface area contributed by atoms with Gasteiger partial charge in [-0.1, -0.05) is 234 Å². The summed E-state index contributed by atoms with van der Waals surface area (Å²) in [5.74, 6) is -0.186. The Morgan fingerprint density at radius 3 is 1.33 bits per heavy atom. The maximum atomic E-state index is 13.0. The van der Waals surface area contributed by atoms with E-state index in [1.807, 2.05) is 21.1 Å². The molecule has 0 aromatic rings. The van der Waals surface area contributed by atoms with Gasteiger partial charge in [0, 0.05) is 6.42 Å². The largest absolute Gasteiger partial charge is 0.756 e. The molecule has 0 spiro atoms. The predicted octanol–water partition coefficient (Wildman–Crippen LogP) is 15.8. The highest BCUT2D eigenvalue weighted by atomic mass is 31.2. The summed E-state index contributed by atoms with van der Waals surface area (Å²) in [6, 6.07) is -0.817. The third-order valence-corrected chi connectivity index (χ3v) is 12.9. The Kier molecular flexibility index (Phi) is 47.0. The highest BCUT2D eigenvalue weighted by molar-refractivity contribution is 7.45. The van der Waals surface area contributed by atoms with Gasteiger partial charge < -0.3 is 28.8 Å². The van der Waals surface area contributed by atoms with Crippen molar-refractivity contribution in [2.24, 2.45) is 0 Å². The Labute approximate surface area is 414 Å². The van der Waals surface area contributed by atoms with E-state index in [9.17, 15) is 19.4 Å². The zero-order chi connectivity index (χ0) is 49.2. The maximum absolute atomic E-state index is 13.0. The lowest BCUT2D eigenvalue weighted by Gasteiger charge is -2.30. The molecule has 8 nitrogen and oxygen atoms in total. The molecule has 0 aromatic heterocycles. The number of phosphoric acid groups is 1. The van der Waals surface area contributed by atoms with Gasteiger partial charge in [0.15, 0.2) is 0 Å². The molecule has 0 saturated heterocycles. The van der Waals surface area contributed by atoms with Crippen LogP contribution < -0.4 is 10.2 Å². The second kappa shape index (κ2) is 48.7. The molecule has 0 rings (SSSR count). The van der Waals surface area contributed by atoms with Gasteiger partial charge in [-0.15, -0.1) is 0 Å². The van der Waals surface area contributed by atoms with Gasteiger partial charge in [0.05, 0.1) is 39.9 Å². The molecule has 0 aliphatic carbocycles. The number of nitrogens with zero attached hydrogens (tertiary/aromatic N) is 1. The smallest absolute Gasteiger partial charge is 0.268 e. The van der Waals surface area contributed by atoms with Crippen molar-refractivity contribution >= 4 is 13.7 Å². The first-order valence-corrected chi connectivity index (χ1v) is 28.9. The first-order chi connectivity index (χ1) is 32.5. The number of allylic oxidation sites excluding steroid dienone is 14.